The second-order valence-corrected chi connectivity index (χ2v) is 4.13. The lowest BCUT2D eigenvalue weighted by atomic mass is 10.1. The van der Waals surface area contributed by atoms with Gasteiger partial charge in [-0.05, 0) is 17.7 Å². The molecule has 0 amide bonds. The first-order valence-electron chi connectivity index (χ1n) is 3.51. The van der Waals surface area contributed by atoms with Crippen molar-refractivity contribution in [3.63, 3.8) is 0 Å². The van der Waals surface area contributed by atoms with Crippen molar-refractivity contribution in [1.29, 1.82) is 0 Å². The van der Waals surface area contributed by atoms with E-state index in [0.29, 0.717) is 5.56 Å². The summed E-state index contributed by atoms with van der Waals surface area (Å²) in [7, 11) is 0. The molecule has 12 heavy (non-hydrogen) atoms. The first-order chi connectivity index (χ1) is 5.68. The first-order valence-corrected chi connectivity index (χ1v) is 4.68. The molecule has 0 aliphatic heterocycles. The number of rotatable bonds is 0. The SMILES string of the molecule is Fc1c(Cl)ccc2c1C=C(Br)C2. The summed E-state index contributed by atoms with van der Waals surface area (Å²) in [4.78, 5) is 0. The van der Waals surface area contributed by atoms with Gasteiger partial charge in [0.15, 0.2) is 0 Å². The summed E-state index contributed by atoms with van der Waals surface area (Å²) in [6, 6.07) is 3.45. The summed E-state index contributed by atoms with van der Waals surface area (Å²) < 4.78 is 14.3. The van der Waals surface area contributed by atoms with Gasteiger partial charge in [0.05, 0.1) is 5.02 Å². The van der Waals surface area contributed by atoms with Gasteiger partial charge < -0.3 is 0 Å². The summed E-state index contributed by atoms with van der Waals surface area (Å²) in [6.45, 7) is 0. The van der Waals surface area contributed by atoms with E-state index in [4.69, 9.17) is 11.6 Å². The molecule has 0 unspecified atom stereocenters. The predicted molar refractivity (Wildman–Crippen MR) is 52.0 cm³/mol. The van der Waals surface area contributed by atoms with Crippen LogP contribution in [0.25, 0.3) is 6.08 Å². The Labute approximate surface area is 83.2 Å². The van der Waals surface area contributed by atoms with Crippen molar-refractivity contribution < 1.29 is 4.39 Å². The van der Waals surface area contributed by atoms with Gasteiger partial charge in [-0.2, -0.15) is 0 Å². The van der Waals surface area contributed by atoms with Crippen LogP contribution in [0.5, 0.6) is 0 Å². The smallest absolute Gasteiger partial charge is 0.149 e. The van der Waals surface area contributed by atoms with Gasteiger partial charge >= 0.3 is 0 Å². The lowest BCUT2D eigenvalue weighted by Crippen LogP contribution is -1.87. The summed E-state index contributed by atoms with van der Waals surface area (Å²) >= 11 is 8.95. The third kappa shape index (κ3) is 1.19. The van der Waals surface area contributed by atoms with Crippen molar-refractivity contribution in [2.24, 2.45) is 0 Å². The number of hydrogen-bond acceptors (Lipinski definition) is 0. The monoisotopic (exact) mass is 246 g/mol. The van der Waals surface area contributed by atoms with Crippen molar-refractivity contribution in [3.8, 4) is 0 Å². The number of hydrogen-bond donors (Lipinski definition) is 0. The van der Waals surface area contributed by atoms with Crippen LogP contribution < -0.4 is 0 Å². The minimum absolute atomic E-state index is 0.187. The molecule has 2 rings (SSSR count). The molecule has 0 saturated heterocycles. The normalized spacial score (nSPS) is 14.4. The van der Waals surface area contributed by atoms with E-state index >= 15 is 0 Å². The minimum atomic E-state index is -0.316. The molecular formula is C9H5BrClF. The third-order valence-corrected chi connectivity index (χ3v) is 2.68. The van der Waals surface area contributed by atoms with E-state index in [0.717, 1.165) is 16.5 Å². The molecule has 1 aliphatic rings. The molecule has 1 aromatic rings. The summed E-state index contributed by atoms with van der Waals surface area (Å²) in [5.74, 6) is -0.316. The lowest BCUT2D eigenvalue weighted by Gasteiger charge is -2.00. The summed E-state index contributed by atoms with van der Waals surface area (Å²) in [6.07, 6.45) is 2.54. The third-order valence-electron chi connectivity index (χ3n) is 1.88. The highest BCUT2D eigenvalue weighted by molar-refractivity contribution is 9.11. The number of halogens is 3. The maximum Gasteiger partial charge on any atom is 0.149 e. The largest absolute Gasteiger partial charge is 0.205 e. The highest BCUT2D eigenvalue weighted by Crippen LogP contribution is 2.32. The Kier molecular flexibility index (Phi) is 1.97. The zero-order chi connectivity index (χ0) is 8.72. The van der Waals surface area contributed by atoms with Gasteiger partial charge in [-0.3, -0.25) is 0 Å². The fourth-order valence-electron chi connectivity index (χ4n) is 1.31. The molecule has 0 aromatic heterocycles. The zero-order valence-electron chi connectivity index (χ0n) is 6.07. The Morgan fingerprint density at radius 2 is 2.17 bits per heavy atom. The van der Waals surface area contributed by atoms with Crippen LogP contribution in [-0.4, -0.2) is 0 Å². The second-order valence-electron chi connectivity index (χ2n) is 2.70. The topological polar surface area (TPSA) is 0 Å². The van der Waals surface area contributed by atoms with Crippen molar-refractivity contribution in [2.75, 3.05) is 0 Å². The van der Waals surface area contributed by atoms with E-state index in [1.54, 1.807) is 12.1 Å². The quantitative estimate of drug-likeness (QED) is 0.655. The Balaban J connectivity index is 2.65. The lowest BCUT2D eigenvalue weighted by molar-refractivity contribution is 0.624. The van der Waals surface area contributed by atoms with E-state index < -0.39 is 0 Å². The molecule has 0 atom stereocenters. The number of benzene rings is 1. The van der Waals surface area contributed by atoms with E-state index in [1.807, 2.05) is 6.07 Å². The average molecular weight is 247 g/mol. The standard InChI is InChI=1S/C9H5BrClF/c10-6-3-5-1-2-8(11)9(12)7(5)4-6/h1-2,4H,3H2. The number of fused-ring (bicyclic) bond motifs is 1. The van der Waals surface area contributed by atoms with Crippen molar-refractivity contribution in [2.45, 2.75) is 6.42 Å². The van der Waals surface area contributed by atoms with Crippen LogP contribution in [0.2, 0.25) is 5.02 Å². The van der Waals surface area contributed by atoms with Crippen LogP contribution >= 0.6 is 27.5 Å². The van der Waals surface area contributed by atoms with Crippen LogP contribution in [0.3, 0.4) is 0 Å². The van der Waals surface area contributed by atoms with Crippen molar-refractivity contribution >= 4 is 33.6 Å². The molecule has 0 N–H and O–H groups in total. The molecule has 1 aromatic carbocycles. The van der Waals surface area contributed by atoms with Crippen LogP contribution in [0.4, 0.5) is 4.39 Å². The van der Waals surface area contributed by atoms with Crippen LogP contribution in [0, 0.1) is 5.82 Å². The van der Waals surface area contributed by atoms with Gasteiger partial charge in [0.2, 0.25) is 0 Å². The minimum Gasteiger partial charge on any atom is -0.205 e. The Bertz CT molecular complexity index is 371. The van der Waals surface area contributed by atoms with Gasteiger partial charge in [0.25, 0.3) is 0 Å². The molecule has 0 saturated carbocycles. The first kappa shape index (κ1) is 8.27. The molecular weight excluding hydrogens is 242 g/mol. The van der Waals surface area contributed by atoms with E-state index in [9.17, 15) is 4.39 Å². The van der Waals surface area contributed by atoms with Gasteiger partial charge in [0, 0.05) is 16.5 Å². The average Bonchev–Trinajstić information content (AvgIpc) is 2.39. The fraction of sp³-hybridized carbons (Fsp3) is 0.111. The highest BCUT2D eigenvalue weighted by Gasteiger charge is 2.16. The molecule has 0 heterocycles. The zero-order valence-corrected chi connectivity index (χ0v) is 8.41. The summed E-state index contributed by atoms with van der Waals surface area (Å²) in [5.41, 5.74) is 1.61. The molecule has 0 nitrogen and oxygen atoms in total. The maximum atomic E-state index is 13.3. The van der Waals surface area contributed by atoms with Gasteiger partial charge in [-0.1, -0.05) is 33.6 Å². The maximum absolute atomic E-state index is 13.3. The predicted octanol–water partition coefficient (Wildman–Crippen LogP) is 3.77. The van der Waals surface area contributed by atoms with Crippen molar-refractivity contribution in [3.05, 3.63) is 38.6 Å². The van der Waals surface area contributed by atoms with E-state index in [1.165, 1.54) is 0 Å². The van der Waals surface area contributed by atoms with Crippen LogP contribution in [-0.2, 0) is 6.42 Å². The highest BCUT2D eigenvalue weighted by atomic mass is 79.9. The summed E-state index contributed by atoms with van der Waals surface area (Å²) in [5, 5.41) is 0.187. The Hall–Kier alpha value is -0.340. The molecule has 0 fully saturated rings. The van der Waals surface area contributed by atoms with Gasteiger partial charge in [-0.15, -0.1) is 0 Å². The molecule has 0 spiro atoms. The van der Waals surface area contributed by atoms with Gasteiger partial charge in [0.1, 0.15) is 5.82 Å². The van der Waals surface area contributed by atoms with Crippen molar-refractivity contribution in [1.82, 2.24) is 0 Å². The fourth-order valence-corrected chi connectivity index (χ4v) is 2.00. The molecule has 1 aliphatic carbocycles. The van der Waals surface area contributed by atoms with E-state index in [-0.39, 0.29) is 10.8 Å². The molecule has 0 radical (unpaired) electrons. The molecule has 0 bridgehead atoms. The second kappa shape index (κ2) is 2.86. The van der Waals surface area contributed by atoms with Crippen LogP contribution in [0.15, 0.2) is 16.6 Å². The Morgan fingerprint density at radius 3 is 2.92 bits per heavy atom. The molecule has 3 heteroatoms. The molecule has 62 valence electrons. The van der Waals surface area contributed by atoms with Gasteiger partial charge in [-0.25, -0.2) is 4.39 Å². The van der Waals surface area contributed by atoms with Crippen LogP contribution in [0.1, 0.15) is 11.1 Å². The van der Waals surface area contributed by atoms with E-state index in [2.05, 4.69) is 15.9 Å². The Morgan fingerprint density at radius 1 is 1.42 bits per heavy atom. The number of allylic oxidation sites excluding steroid dienone is 1.